The fourth-order valence-electron chi connectivity index (χ4n) is 2.40. The van der Waals surface area contributed by atoms with Crippen molar-refractivity contribution in [2.75, 3.05) is 13.1 Å². The average Bonchev–Trinajstić information content (AvgIpc) is 2.33. The molecule has 0 spiro atoms. The summed E-state index contributed by atoms with van der Waals surface area (Å²) in [6, 6.07) is 9.56. The van der Waals surface area contributed by atoms with Crippen LogP contribution < -0.4 is 0 Å². The molecule has 4 heteroatoms. The topological polar surface area (TPSA) is 37.4 Å². The number of rotatable bonds is 3. The lowest BCUT2D eigenvalue weighted by molar-refractivity contribution is 0.364. The van der Waals surface area contributed by atoms with Crippen molar-refractivity contribution in [2.45, 2.75) is 31.4 Å². The molecule has 1 atom stereocenters. The molecule has 1 aliphatic rings. The molecule has 0 N–H and O–H groups in total. The fraction of sp³-hybridized carbons (Fsp3) is 0.538. The van der Waals surface area contributed by atoms with Gasteiger partial charge < -0.3 is 0 Å². The highest BCUT2D eigenvalue weighted by atomic mass is 32.2. The van der Waals surface area contributed by atoms with Gasteiger partial charge in [0.05, 0.1) is 0 Å². The predicted molar refractivity (Wildman–Crippen MR) is 69.2 cm³/mol. The molecular weight excluding hydrogens is 234 g/mol. The molecule has 0 bridgehead atoms. The molecule has 1 saturated heterocycles. The van der Waals surface area contributed by atoms with E-state index < -0.39 is 10.0 Å². The van der Waals surface area contributed by atoms with Gasteiger partial charge in [0.1, 0.15) is 5.25 Å². The third-order valence-corrected chi connectivity index (χ3v) is 5.55. The van der Waals surface area contributed by atoms with Crippen molar-refractivity contribution in [1.29, 1.82) is 0 Å². The molecule has 1 fully saturated rings. The molecule has 0 radical (unpaired) electrons. The van der Waals surface area contributed by atoms with E-state index in [1.54, 1.807) is 4.31 Å². The number of hydrogen-bond donors (Lipinski definition) is 0. The van der Waals surface area contributed by atoms with Gasteiger partial charge in [-0.15, -0.1) is 0 Å². The Morgan fingerprint density at radius 1 is 1.29 bits per heavy atom. The van der Waals surface area contributed by atoms with Crippen molar-refractivity contribution in [3.8, 4) is 0 Å². The Labute approximate surface area is 104 Å². The molecule has 3 nitrogen and oxygen atoms in total. The van der Waals surface area contributed by atoms with E-state index >= 15 is 0 Å². The Morgan fingerprint density at radius 3 is 2.65 bits per heavy atom. The lowest BCUT2D eigenvalue weighted by atomic mass is 10.1. The second kappa shape index (κ2) is 5.19. The minimum Gasteiger partial charge on any atom is -0.212 e. The Bertz CT molecular complexity index is 454. The minimum atomic E-state index is -3.15. The van der Waals surface area contributed by atoms with Gasteiger partial charge in [0.15, 0.2) is 0 Å². The van der Waals surface area contributed by atoms with E-state index in [4.69, 9.17) is 0 Å². The summed E-state index contributed by atoms with van der Waals surface area (Å²) in [6.07, 6.45) is 2.58. The summed E-state index contributed by atoms with van der Waals surface area (Å²) in [6.45, 7) is 3.34. The van der Waals surface area contributed by atoms with E-state index in [0.717, 1.165) is 24.8 Å². The molecule has 0 aliphatic carbocycles. The van der Waals surface area contributed by atoms with Crippen LogP contribution in [-0.2, 0) is 10.0 Å². The first-order valence-electron chi connectivity index (χ1n) is 6.20. The molecular formula is C13H19NO2S. The summed E-state index contributed by atoms with van der Waals surface area (Å²) >= 11 is 0. The number of sulfonamides is 1. The molecule has 0 amide bonds. The van der Waals surface area contributed by atoms with Crippen LogP contribution in [0.1, 0.15) is 37.0 Å². The molecule has 1 aromatic rings. The van der Waals surface area contributed by atoms with Gasteiger partial charge in [0.25, 0.3) is 0 Å². The van der Waals surface area contributed by atoms with Crippen LogP contribution in [0.5, 0.6) is 0 Å². The van der Waals surface area contributed by atoms with Crippen molar-refractivity contribution in [1.82, 2.24) is 4.31 Å². The molecule has 1 aliphatic heterocycles. The van der Waals surface area contributed by atoms with Crippen LogP contribution in [0.3, 0.4) is 0 Å². The molecule has 0 aromatic heterocycles. The van der Waals surface area contributed by atoms with Crippen molar-refractivity contribution < 1.29 is 8.42 Å². The smallest absolute Gasteiger partial charge is 0.212 e. The standard InChI is InChI=1S/C13H19NO2S/c1-2-10-14-11-6-9-13(17(14,15)16)12-7-4-3-5-8-12/h3-5,7-8,13H,2,6,9-11H2,1H3/t13-/m1/s1. The lowest BCUT2D eigenvalue weighted by Gasteiger charge is -2.32. The Hall–Kier alpha value is -0.870. The van der Waals surface area contributed by atoms with E-state index in [9.17, 15) is 8.42 Å². The second-order valence-corrected chi connectivity index (χ2v) is 6.60. The van der Waals surface area contributed by atoms with Crippen molar-refractivity contribution in [3.63, 3.8) is 0 Å². The minimum absolute atomic E-state index is 0.344. The molecule has 0 unspecified atom stereocenters. The first kappa shape index (κ1) is 12.6. The molecule has 94 valence electrons. The van der Waals surface area contributed by atoms with E-state index in [-0.39, 0.29) is 5.25 Å². The molecule has 2 rings (SSSR count). The van der Waals surface area contributed by atoms with Crippen LogP contribution in [-0.4, -0.2) is 25.8 Å². The molecule has 17 heavy (non-hydrogen) atoms. The largest absolute Gasteiger partial charge is 0.221 e. The summed E-state index contributed by atoms with van der Waals surface area (Å²) < 4.78 is 26.5. The maximum atomic E-state index is 12.4. The van der Waals surface area contributed by atoms with Crippen molar-refractivity contribution in [3.05, 3.63) is 35.9 Å². The van der Waals surface area contributed by atoms with Gasteiger partial charge in [-0.3, -0.25) is 0 Å². The Morgan fingerprint density at radius 2 is 2.00 bits per heavy atom. The SMILES string of the molecule is CCCN1CCC[C@H](c2ccccc2)S1(=O)=O. The van der Waals surface area contributed by atoms with Gasteiger partial charge >= 0.3 is 0 Å². The normalized spacial score (nSPS) is 24.6. The lowest BCUT2D eigenvalue weighted by Crippen LogP contribution is -2.40. The summed E-state index contributed by atoms with van der Waals surface area (Å²) in [4.78, 5) is 0. The van der Waals surface area contributed by atoms with E-state index in [0.29, 0.717) is 13.1 Å². The van der Waals surface area contributed by atoms with Crippen LogP contribution in [0, 0.1) is 0 Å². The van der Waals surface area contributed by atoms with Crippen LogP contribution >= 0.6 is 0 Å². The number of nitrogens with zero attached hydrogens (tertiary/aromatic N) is 1. The average molecular weight is 253 g/mol. The summed E-state index contributed by atoms with van der Waals surface area (Å²) in [7, 11) is -3.15. The Balaban J connectivity index is 2.29. The van der Waals surface area contributed by atoms with Crippen LogP contribution in [0.15, 0.2) is 30.3 Å². The van der Waals surface area contributed by atoms with Gasteiger partial charge in [0, 0.05) is 13.1 Å². The molecule has 0 saturated carbocycles. The quantitative estimate of drug-likeness (QED) is 0.830. The van der Waals surface area contributed by atoms with E-state index in [1.165, 1.54) is 0 Å². The third-order valence-electron chi connectivity index (χ3n) is 3.24. The molecule has 1 aromatic carbocycles. The van der Waals surface area contributed by atoms with Gasteiger partial charge in [0.2, 0.25) is 10.0 Å². The van der Waals surface area contributed by atoms with E-state index in [2.05, 4.69) is 0 Å². The zero-order valence-electron chi connectivity index (χ0n) is 10.2. The number of benzene rings is 1. The van der Waals surface area contributed by atoms with Crippen LogP contribution in [0.2, 0.25) is 0 Å². The maximum absolute atomic E-state index is 12.4. The van der Waals surface area contributed by atoms with Crippen LogP contribution in [0.25, 0.3) is 0 Å². The summed E-state index contributed by atoms with van der Waals surface area (Å²) in [5.41, 5.74) is 0.924. The third kappa shape index (κ3) is 2.53. The second-order valence-electron chi connectivity index (χ2n) is 4.49. The highest BCUT2D eigenvalue weighted by molar-refractivity contribution is 7.89. The van der Waals surface area contributed by atoms with Crippen LogP contribution in [0.4, 0.5) is 0 Å². The zero-order valence-corrected chi connectivity index (χ0v) is 11.0. The fourth-order valence-corrected chi connectivity index (χ4v) is 4.55. The summed E-state index contributed by atoms with van der Waals surface area (Å²) in [5, 5.41) is -0.344. The molecule has 1 heterocycles. The summed E-state index contributed by atoms with van der Waals surface area (Å²) in [5.74, 6) is 0. The van der Waals surface area contributed by atoms with Gasteiger partial charge in [-0.1, -0.05) is 37.3 Å². The van der Waals surface area contributed by atoms with Crippen molar-refractivity contribution >= 4 is 10.0 Å². The van der Waals surface area contributed by atoms with Gasteiger partial charge in [-0.2, -0.15) is 0 Å². The van der Waals surface area contributed by atoms with Gasteiger partial charge in [-0.05, 0) is 24.8 Å². The van der Waals surface area contributed by atoms with E-state index in [1.807, 2.05) is 37.3 Å². The first-order chi connectivity index (χ1) is 8.16. The van der Waals surface area contributed by atoms with Gasteiger partial charge in [-0.25, -0.2) is 12.7 Å². The number of hydrogen-bond acceptors (Lipinski definition) is 2. The highest BCUT2D eigenvalue weighted by Crippen LogP contribution is 2.34. The highest BCUT2D eigenvalue weighted by Gasteiger charge is 2.35. The predicted octanol–water partition coefficient (Wildman–Crippen LogP) is 2.56. The monoisotopic (exact) mass is 253 g/mol. The maximum Gasteiger partial charge on any atom is 0.221 e. The van der Waals surface area contributed by atoms with Crippen molar-refractivity contribution in [2.24, 2.45) is 0 Å². The first-order valence-corrected chi connectivity index (χ1v) is 7.70. The zero-order chi connectivity index (χ0) is 12.3. The Kier molecular flexibility index (Phi) is 3.84.